The van der Waals surface area contributed by atoms with E-state index in [9.17, 15) is 4.79 Å². The number of nitrogens with one attached hydrogen (secondary N) is 1. The van der Waals surface area contributed by atoms with Gasteiger partial charge in [0.2, 0.25) is 0 Å². The molecule has 0 aliphatic carbocycles. The summed E-state index contributed by atoms with van der Waals surface area (Å²) in [5.41, 5.74) is 2.80. The molecule has 1 aromatic heterocycles. The molecule has 0 aliphatic heterocycles. The highest BCUT2D eigenvalue weighted by molar-refractivity contribution is 6.30. The Bertz CT molecular complexity index is 872. The first-order valence-electron chi connectivity index (χ1n) is 7.26. The topological polar surface area (TPSA) is 46.9 Å². The molecule has 5 heteroatoms. The third kappa shape index (κ3) is 3.60. The third-order valence-corrected chi connectivity index (χ3v) is 3.74. The van der Waals surface area contributed by atoms with Gasteiger partial charge in [0.05, 0.1) is 5.69 Å². The molecule has 0 fully saturated rings. The average Bonchev–Trinajstić information content (AvgIpc) is 2.55. The maximum Gasteiger partial charge on any atom is 0.297 e. The summed E-state index contributed by atoms with van der Waals surface area (Å²) >= 11 is 5.99. The smallest absolute Gasteiger partial charge is 0.297 e. The minimum Gasteiger partial charge on any atom is -0.361 e. The first-order valence-corrected chi connectivity index (χ1v) is 7.64. The Balaban J connectivity index is 1.85. The number of aryl methyl sites for hydroxylation is 1. The Morgan fingerprint density at radius 1 is 1.17 bits per heavy atom. The second-order valence-corrected chi connectivity index (χ2v) is 5.71. The van der Waals surface area contributed by atoms with Crippen molar-refractivity contribution in [3.05, 3.63) is 87.4 Å². The fraction of sp³-hybridized carbons (Fsp3) is 0.111. The maximum absolute atomic E-state index is 12.6. The van der Waals surface area contributed by atoms with Crippen molar-refractivity contribution in [1.29, 1.82) is 0 Å². The number of halogens is 1. The number of benzene rings is 2. The monoisotopic (exact) mass is 325 g/mol. The van der Waals surface area contributed by atoms with E-state index < -0.39 is 0 Å². The molecule has 3 rings (SSSR count). The first kappa shape index (κ1) is 15.3. The molecule has 116 valence electrons. The van der Waals surface area contributed by atoms with Gasteiger partial charge in [0.15, 0.2) is 5.82 Å². The molecule has 0 bridgehead atoms. The SMILES string of the molecule is Cc1ccc(CNc2nccn(-c3cccc(Cl)c3)c2=O)cc1. The second-order valence-electron chi connectivity index (χ2n) is 5.27. The van der Waals surface area contributed by atoms with Gasteiger partial charge in [-0.3, -0.25) is 9.36 Å². The van der Waals surface area contributed by atoms with Gasteiger partial charge in [0.1, 0.15) is 0 Å². The van der Waals surface area contributed by atoms with Crippen molar-refractivity contribution in [3.8, 4) is 5.69 Å². The average molecular weight is 326 g/mol. The van der Waals surface area contributed by atoms with Crippen LogP contribution in [0.4, 0.5) is 5.82 Å². The van der Waals surface area contributed by atoms with E-state index in [-0.39, 0.29) is 5.56 Å². The van der Waals surface area contributed by atoms with Crippen LogP contribution in [0.25, 0.3) is 5.69 Å². The zero-order valence-electron chi connectivity index (χ0n) is 12.7. The summed E-state index contributed by atoms with van der Waals surface area (Å²) in [6.45, 7) is 2.59. The van der Waals surface area contributed by atoms with Gasteiger partial charge < -0.3 is 5.32 Å². The molecule has 0 atom stereocenters. The van der Waals surface area contributed by atoms with Crippen molar-refractivity contribution < 1.29 is 0 Å². The van der Waals surface area contributed by atoms with Gasteiger partial charge >= 0.3 is 0 Å². The Hall–Kier alpha value is -2.59. The Kier molecular flexibility index (Phi) is 4.44. The van der Waals surface area contributed by atoms with Crippen LogP contribution in [0.3, 0.4) is 0 Å². The lowest BCUT2D eigenvalue weighted by Crippen LogP contribution is -2.23. The summed E-state index contributed by atoms with van der Waals surface area (Å²) in [5.74, 6) is 0.313. The summed E-state index contributed by atoms with van der Waals surface area (Å²) < 4.78 is 1.52. The lowest BCUT2D eigenvalue weighted by molar-refractivity contribution is 0.944. The van der Waals surface area contributed by atoms with E-state index in [1.165, 1.54) is 10.1 Å². The summed E-state index contributed by atoms with van der Waals surface area (Å²) in [4.78, 5) is 16.7. The summed E-state index contributed by atoms with van der Waals surface area (Å²) in [6, 6.07) is 15.3. The number of hydrogen-bond donors (Lipinski definition) is 1. The van der Waals surface area contributed by atoms with Gasteiger partial charge in [-0.25, -0.2) is 4.98 Å². The highest BCUT2D eigenvalue weighted by atomic mass is 35.5. The number of nitrogens with zero attached hydrogens (tertiary/aromatic N) is 2. The van der Waals surface area contributed by atoms with Gasteiger partial charge in [-0.15, -0.1) is 0 Å². The van der Waals surface area contributed by atoms with E-state index in [2.05, 4.69) is 10.3 Å². The highest BCUT2D eigenvalue weighted by Crippen LogP contribution is 2.13. The fourth-order valence-corrected chi connectivity index (χ4v) is 2.44. The quantitative estimate of drug-likeness (QED) is 0.793. The largest absolute Gasteiger partial charge is 0.361 e. The van der Waals surface area contributed by atoms with E-state index in [0.29, 0.717) is 23.1 Å². The number of anilines is 1. The normalized spacial score (nSPS) is 10.5. The highest BCUT2D eigenvalue weighted by Gasteiger charge is 2.06. The minimum atomic E-state index is -0.207. The van der Waals surface area contributed by atoms with Crippen molar-refractivity contribution in [3.63, 3.8) is 0 Å². The number of rotatable bonds is 4. The molecule has 0 radical (unpaired) electrons. The van der Waals surface area contributed by atoms with Crippen molar-refractivity contribution in [2.24, 2.45) is 0 Å². The van der Waals surface area contributed by atoms with Crippen molar-refractivity contribution >= 4 is 17.4 Å². The van der Waals surface area contributed by atoms with E-state index in [4.69, 9.17) is 11.6 Å². The molecule has 0 saturated heterocycles. The predicted octanol–water partition coefficient (Wildman–Crippen LogP) is 3.81. The molecule has 0 saturated carbocycles. The molecule has 0 unspecified atom stereocenters. The molecule has 23 heavy (non-hydrogen) atoms. The van der Waals surface area contributed by atoms with Gasteiger partial charge in [-0.05, 0) is 30.7 Å². The number of aromatic nitrogens is 2. The van der Waals surface area contributed by atoms with Crippen LogP contribution in [0.15, 0.2) is 65.7 Å². The molecule has 0 spiro atoms. The summed E-state index contributed by atoms with van der Waals surface area (Å²) in [7, 11) is 0. The van der Waals surface area contributed by atoms with Crippen LogP contribution in [0, 0.1) is 6.92 Å². The van der Waals surface area contributed by atoms with Crippen molar-refractivity contribution in [2.45, 2.75) is 13.5 Å². The van der Waals surface area contributed by atoms with E-state index >= 15 is 0 Å². The Morgan fingerprint density at radius 3 is 2.70 bits per heavy atom. The zero-order chi connectivity index (χ0) is 16.2. The second kappa shape index (κ2) is 6.67. The van der Waals surface area contributed by atoms with Crippen molar-refractivity contribution in [2.75, 3.05) is 5.32 Å². The first-order chi connectivity index (χ1) is 11.1. The maximum atomic E-state index is 12.6. The lowest BCUT2D eigenvalue weighted by atomic mass is 10.1. The lowest BCUT2D eigenvalue weighted by Gasteiger charge is -2.09. The van der Waals surface area contributed by atoms with Crippen LogP contribution >= 0.6 is 11.6 Å². The van der Waals surface area contributed by atoms with Gasteiger partial charge in [-0.2, -0.15) is 0 Å². The van der Waals surface area contributed by atoms with E-state index in [1.807, 2.05) is 43.3 Å². The third-order valence-electron chi connectivity index (χ3n) is 3.51. The van der Waals surface area contributed by atoms with Crippen LogP contribution < -0.4 is 10.9 Å². The molecule has 2 aromatic carbocycles. The van der Waals surface area contributed by atoms with E-state index in [0.717, 1.165) is 5.56 Å². The molecular formula is C18H16ClN3O. The van der Waals surface area contributed by atoms with Gasteiger partial charge in [-0.1, -0.05) is 47.5 Å². The number of hydrogen-bond acceptors (Lipinski definition) is 3. The van der Waals surface area contributed by atoms with Gasteiger partial charge in [0.25, 0.3) is 5.56 Å². The van der Waals surface area contributed by atoms with Gasteiger partial charge in [0, 0.05) is 24.0 Å². The van der Waals surface area contributed by atoms with Crippen LogP contribution in [0.1, 0.15) is 11.1 Å². The van der Waals surface area contributed by atoms with Crippen molar-refractivity contribution in [1.82, 2.24) is 9.55 Å². The molecule has 0 aliphatic rings. The molecule has 1 heterocycles. The molecule has 0 amide bonds. The van der Waals surface area contributed by atoms with Crippen LogP contribution in [-0.2, 0) is 6.54 Å². The van der Waals surface area contributed by atoms with Crippen LogP contribution in [0.5, 0.6) is 0 Å². The molecule has 4 nitrogen and oxygen atoms in total. The zero-order valence-corrected chi connectivity index (χ0v) is 13.4. The summed E-state index contributed by atoms with van der Waals surface area (Å²) in [6.07, 6.45) is 3.23. The van der Waals surface area contributed by atoms with Crippen LogP contribution in [-0.4, -0.2) is 9.55 Å². The standard InChI is InChI=1S/C18H16ClN3O/c1-13-5-7-14(8-6-13)12-21-17-18(23)22(10-9-20-17)16-4-2-3-15(19)11-16/h2-11H,12H2,1H3,(H,20,21). The molecule has 1 N–H and O–H groups in total. The van der Waals surface area contributed by atoms with Crippen LogP contribution in [0.2, 0.25) is 5.02 Å². The molecular weight excluding hydrogens is 310 g/mol. The Labute approximate surface area is 139 Å². The summed E-state index contributed by atoms with van der Waals surface area (Å²) in [5, 5.41) is 3.68. The molecule has 3 aromatic rings. The predicted molar refractivity (Wildman–Crippen MR) is 93.3 cm³/mol. The Morgan fingerprint density at radius 2 is 1.96 bits per heavy atom. The van der Waals surface area contributed by atoms with E-state index in [1.54, 1.807) is 24.5 Å². The minimum absolute atomic E-state index is 0.207. The fourth-order valence-electron chi connectivity index (χ4n) is 2.25.